The van der Waals surface area contributed by atoms with Gasteiger partial charge in [0.25, 0.3) is 0 Å². The third-order valence-corrected chi connectivity index (χ3v) is 3.10. The zero-order valence-electron chi connectivity index (χ0n) is 8.88. The van der Waals surface area contributed by atoms with Crippen LogP contribution in [-0.2, 0) is 0 Å². The molecule has 0 bridgehead atoms. The van der Waals surface area contributed by atoms with E-state index in [9.17, 15) is 0 Å². The van der Waals surface area contributed by atoms with E-state index in [1.807, 2.05) is 11.6 Å². The minimum Gasteiger partial charge on any atom is -0.358 e. The van der Waals surface area contributed by atoms with Crippen LogP contribution in [0.4, 0.5) is 5.13 Å². The molecule has 1 unspecified atom stereocenters. The molecule has 0 amide bonds. The normalized spacial score (nSPS) is 14.0. The van der Waals surface area contributed by atoms with E-state index in [0.29, 0.717) is 11.9 Å². The van der Waals surface area contributed by atoms with Gasteiger partial charge in [-0.3, -0.25) is 0 Å². The lowest BCUT2D eigenvalue weighted by Crippen LogP contribution is -2.34. The molecule has 14 heavy (non-hydrogen) atoms. The van der Waals surface area contributed by atoms with Crippen molar-refractivity contribution in [1.82, 2.24) is 4.98 Å². The standard InChI is InChI=1S/C10H17ClN2S/c1-10(2,3)8(4-5-11)13-9-12-6-7-14-9/h6-8H,4-5H2,1-3H3,(H,12,13). The Balaban J connectivity index is 2.60. The topological polar surface area (TPSA) is 24.9 Å². The van der Waals surface area contributed by atoms with Crippen LogP contribution in [-0.4, -0.2) is 16.9 Å². The Bertz CT molecular complexity index is 254. The second-order valence-electron chi connectivity index (χ2n) is 4.38. The number of aromatic nitrogens is 1. The molecule has 1 aromatic rings. The Morgan fingerprint density at radius 3 is 2.71 bits per heavy atom. The Kier molecular flexibility index (Phi) is 4.20. The van der Waals surface area contributed by atoms with Gasteiger partial charge in [-0.05, 0) is 11.8 Å². The summed E-state index contributed by atoms with van der Waals surface area (Å²) in [4.78, 5) is 4.22. The Morgan fingerprint density at radius 2 is 2.29 bits per heavy atom. The van der Waals surface area contributed by atoms with Gasteiger partial charge in [0.1, 0.15) is 0 Å². The number of rotatable bonds is 4. The summed E-state index contributed by atoms with van der Waals surface area (Å²) in [5, 5.41) is 6.38. The number of anilines is 1. The molecule has 80 valence electrons. The Morgan fingerprint density at radius 1 is 1.57 bits per heavy atom. The molecule has 0 radical (unpaired) electrons. The van der Waals surface area contributed by atoms with Crippen LogP contribution in [0.1, 0.15) is 27.2 Å². The first-order valence-electron chi connectivity index (χ1n) is 4.76. The monoisotopic (exact) mass is 232 g/mol. The predicted octanol–water partition coefficient (Wildman–Crippen LogP) is 3.60. The molecule has 0 saturated heterocycles. The quantitative estimate of drug-likeness (QED) is 0.803. The molecule has 0 aliphatic heterocycles. The number of thiazole rings is 1. The highest BCUT2D eigenvalue weighted by molar-refractivity contribution is 7.13. The lowest BCUT2D eigenvalue weighted by Gasteiger charge is -2.30. The predicted molar refractivity (Wildman–Crippen MR) is 64.3 cm³/mol. The molecule has 0 saturated carbocycles. The fourth-order valence-corrected chi connectivity index (χ4v) is 2.08. The number of nitrogens with one attached hydrogen (secondary N) is 1. The second kappa shape index (κ2) is 4.99. The van der Waals surface area contributed by atoms with Crippen LogP contribution in [0.15, 0.2) is 11.6 Å². The van der Waals surface area contributed by atoms with Crippen molar-refractivity contribution in [1.29, 1.82) is 0 Å². The minimum atomic E-state index is 0.209. The minimum absolute atomic E-state index is 0.209. The van der Waals surface area contributed by atoms with Gasteiger partial charge in [-0.2, -0.15) is 0 Å². The maximum atomic E-state index is 5.79. The molecular formula is C10H17ClN2S. The van der Waals surface area contributed by atoms with E-state index < -0.39 is 0 Å². The first-order valence-corrected chi connectivity index (χ1v) is 6.17. The van der Waals surface area contributed by atoms with Crippen LogP contribution >= 0.6 is 22.9 Å². The van der Waals surface area contributed by atoms with Crippen molar-refractivity contribution in [2.24, 2.45) is 5.41 Å². The summed E-state index contributed by atoms with van der Waals surface area (Å²) in [5.41, 5.74) is 0.209. The fraction of sp³-hybridized carbons (Fsp3) is 0.700. The van der Waals surface area contributed by atoms with Gasteiger partial charge in [0.15, 0.2) is 5.13 Å². The van der Waals surface area contributed by atoms with Gasteiger partial charge in [0.05, 0.1) is 0 Å². The van der Waals surface area contributed by atoms with Crippen LogP contribution in [0.25, 0.3) is 0 Å². The van der Waals surface area contributed by atoms with E-state index >= 15 is 0 Å². The van der Waals surface area contributed by atoms with Crippen LogP contribution < -0.4 is 5.32 Å². The third-order valence-electron chi connectivity index (χ3n) is 2.17. The van der Waals surface area contributed by atoms with Crippen LogP contribution in [0.2, 0.25) is 0 Å². The van der Waals surface area contributed by atoms with Crippen LogP contribution in [0, 0.1) is 5.41 Å². The summed E-state index contributed by atoms with van der Waals surface area (Å²) in [5.74, 6) is 0.681. The molecule has 1 heterocycles. The molecule has 0 aliphatic rings. The highest BCUT2D eigenvalue weighted by atomic mass is 35.5. The zero-order valence-corrected chi connectivity index (χ0v) is 10.5. The van der Waals surface area contributed by atoms with Crippen molar-refractivity contribution in [2.75, 3.05) is 11.2 Å². The second-order valence-corrected chi connectivity index (χ2v) is 5.65. The molecule has 1 N–H and O–H groups in total. The zero-order chi connectivity index (χ0) is 10.6. The van der Waals surface area contributed by atoms with Crippen molar-refractivity contribution in [3.8, 4) is 0 Å². The SMILES string of the molecule is CC(C)(C)C(CCCl)Nc1nccs1. The van der Waals surface area contributed by atoms with Crippen LogP contribution in [0.3, 0.4) is 0 Å². The molecule has 1 rings (SSSR count). The van der Waals surface area contributed by atoms with E-state index in [-0.39, 0.29) is 5.41 Å². The smallest absolute Gasteiger partial charge is 0.182 e. The molecule has 4 heteroatoms. The Labute approximate surface area is 94.7 Å². The van der Waals surface area contributed by atoms with Gasteiger partial charge in [-0.15, -0.1) is 22.9 Å². The molecule has 1 atom stereocenters. The molecule has 0 fully saturated rings. The number of hydrogen-bond acceptors (Lipinski definition) is 3. The average Bonchev–Trinajstić information content (AvgIpc) is 2.54. The molecule has 1 aromatic heterocycles. The summed E-state index contributed by atoms with van der Waals surface area (Å²) in [6.07, 6.45) is 2.78. The number of alkyl halides is 1. The average molecular weight is 233 g/mol. The number of nitrogens with zero attached hydrogens (tertiary/aromatic N) is 1. The first-order chi connectivity index (χ1) is 6.54. The molecule has 0 spiro atoms. The van der Waals surface area contributed by atoms with E-state index in [0.717, 1.165) is 11.6 Å². The summed E-state index contributed by atoms with van der Waals surface area (Å²) in [6, 6.07) is 0.381. The van der Waals surface area contributed by atoms with Gasteiger partial charge in [-0.25, -0.2) is 4.98 Å². The lowest BCUT2D eigenvalue weighted by atomic mass is 9.85. The van der Waals surface area contributed by atoms with Crippen molar-refractivity contribution in [3.05, 3.63) is 11.6 Å². The maximum Gasteiger partial charge on any atom is 0.182 e. The van der Waals surface area contributed by atoms with E-state index in [4.69, 9.17) is 11.6 Å². The highest BCUT2D eigenvalue weighted by Crippen LogP contribution is 2.26. The Hall–Kier alpha value is -0.280. The van der Waals surface area contributed by atoms with Gasteiger partial charge >= 0.3 is 0 Å². The van der Waals surface area contributed by atoms with E-state index in [2.05, 4.69) is 31.1 Å². The molecule has 2 nitrogen and oxygen atoms in total. The maximum absolute atomic E-state index is 5.79. The summed E-state index contributed by atoms with van der Waals surface area (Å²) < 4.78 is 0. The molecule has 0 aromatic carbocycles. The molecule has 0 aliphatic carbocycles. The van der Waals surface area contributed by atoms with Crippen molar-refractivity contribution < 1.29 is 0 Å². The third kappa shape index (κ3) is 3.46. The van der Waals surface area contributed by atoms with Crippen molar-refractivity contribution >= 4 is 28.1 Å². The summed E-state index contributed by atoms with van der Waals surface area (Å²) >= 11 is 7.41. The fourth-order valence-electron chi connectivity index (χ4n) is 1.27. The molecular weight excluding hydrogens is 216 g/mol. The first kappa shape index (κ1) is 11.8. The largest absolute Gasteiger partial charge is 0.358 e. The number of hydrogen-bond donors (Lipinski definition) is 1. The van der Waals surface area contributed by atoms with Crippen molar-refractivity contribution in [3.63, 3.8) is 0 Å². The van der Waals surface area contributed by atoms with Gasteiger partial charge in [0, 0.05) is 23.5 Å². The summed E-state index contributed by atoms with van der Waals surface area (Å²) in [6.45, 7) is 6.64. The lowest BCUT2D eigenvalue weighted by molar-refractivity contribution is 0.334. The highest BCUT2D eigenvalue weighted by Gasteiger charge is 2.24. The summed E-state index contributed by atoms with van der Waals surface area (Å²) in [7, 11) is 0. The van der Waals surface area contributed by atoms with E-state index in [1.165, 1.54) is 0 Å². The van der Waals surface area contributed by atoms with Crippen LogP contribution in [0.5, 0.6) is 0 Å². The van der Waals surface area contributed by atoms with Crippen molar-refractivity contribution in [2.45, 2.75) is 33.2 Å². The van der Waals surface area contributed by atoms with E-state index in [1.54, 1.807) is 11.3 Å². The van der Waals surface area contributed by atoms with Gasteiger partial charge in [-0.1, -0.05) is 20.8 Å². The van der Waals surface area contributed by atoms with Gasteiger partial charge in [0.2, 0.25) is 0 Å². The van der Waals surface area contributed by atoms with Gasteiger partial charge < -0.3 is 5.32 Å². The number of halogens is 1.